The van der Waals surface area contributed by atoms with Crippen molar-refractivity contribution in [1.82, 2.24) is 4.90 Å². The molecule has 0 fully saturated rings. The fourth-order valence-corrected chi connectivity index (χ4v) is 4.14. The maximum absolute atomic E-state index is 12.6. The van der Waals surface area contributed by atoms with Gasteiger partial charge in [0.2, 0.25) is 12.1 Å². The second kappa shape index (κ2) is 22.5. The van der Waals surface area contributed by atoms with E-state index in [0.29, 0.717) is 13.3 Å². The first-order chi connectivity index (χ1) is 18.2. The average Bonchev–Trinajstić information content (AvgIpc) is 2.93. The number of aliphatic hydroxyl groups is 5. The molecule has 0 aromatic heterocycles. The quantitative estimate of drug-likeness (QED) is 0.0551. The van der Waals surface area contributed by atoms with Gasteiger partial charge in [0, 0.05) is 20.9 Å². The molecule has 0 aliphatic carbocycles. The Bertz CT molecular complexity index is 624. The predicted molar refractivity (Wildman–Crippen MR) is 144 cm³/mol. The third kappa shape index (κ3) is 16.1. The van der Waals surface area contributed by atoms with Gasteiger partial charge in [-0.2, -0.15) is 0 Å². The number of aliphatic hydroxyl groups excluding tert-OH is 5. The lowest BCUT2D eigenvalue weighted by molar-refractivity contribution is -0.193. The molecule has 0 saturated carbocycles. The minimum atomic E-state index is -1.99. The Labute approximate surface area is 224 Å². The summed E-state index contributed by atoms with van der Waals surface area (Å²) in [4.78, 5) is 25.4. The molecule has 37 heavy (non-hydrogen) atoms. The van der Waals surface area contributed by atoms with Crippen LogP contribution in [-0.4, -0.2) is 86.6 Å². The number of ether oxygens (including phenoxy) is 1. The topological polar surface area (TPSA) is 148 Å². The third-order valence-electron chi connectivity index (χ3n) is 6.64. The summed E-state index contributed by atoms with van der Waals surface area (Å²) < 4.78 is 12.2. The van der Waals surface area contributed by atoms with E-state index in [9.17, 15) is 30.0 Å². The van der Waals surface area contributed by atoms with Crippen LogP contribution in [0.1, 0.15) is 111 Å². The highest BCUT2D eigenvalue weighted by molar-refractivity contribution is 5.82. The number of nitrogens with zero attached hydrogens (tertiary/aromatic N) is 1. The highest BCUT2D eigenvalue weighted by Crippen LogP contribution is 2.17. The summed E-state index contributed by atoms with van der Waals surface area (Å²) in [6, 6.07) is 0. The minimum absolute atomic E-state index is 0.159. The molecule has 0 radical (unpaired) electrons. The summed E-state index contributed by atoms with van der Waals surface area (Å²) in [7, 11) is 1.31. The summed E-state index contributed by atoms with van der Waals surface area (Å²) in [5.41, 5.74) is 0. The maximum Gasteiger partial charge on any atom is 0.332 e. The summed E-state index contributed by atoms with van der Waals surface area (Å²) in [6.45, 7) is 2.97. The Morgan fingerprint density at radius 3 is 1.70 bits per heavy atom. The fourth-order valence-electron chi connectivity index (χ4n) is 4.14. The molecule has 0 aliphatic heterocycles. The molecular weight excluding hydrogens is 478 g/mol. The molecule has 5 N–H and O–H groups in total. The van der Waals surface area contributed by atoms with Crippen LogP contribution in [0.15, 0.2) is 12.7 Å². The Morgan fingerprint density at radius 1 is 0.811 bits per heavy atom. The summed E-state index contributed by atoms with van der Waals surface area (Å²) >= 11 is 0. The Kier molecular flexibility index (Phi) is 20.3. The van der Waals surface area contributed by atoms with Crippen molar-refractivity contribution in [1.29, 1.82) is 0 Å². The number of amides is 1. The van der Waals surface area contributed by atoms with Crippen molar-refractivity contribution in [2.24, 2.45) is 0 Å². The van der Waals surface area contributed by atoms with Crippen LogP contribution in [-0.2, 0) is 14.3 Å². The highest BCUT2D eigenvalue weighted by atomic mass is 16.6. The molecule has 0 aliphatic rings. The number of hydrogen-bond donors (Lipinski definition) is 5. The lowest BCUT2D eigenvalue weighted by atomic mass is 10.0. The van der Waals surface area contributed by atoms with Crippen molar-refractivity contribution in [3.05, 3.63) is 12.7 Å². The largest absolute Gasteiger partial charge is 0.435 e. The van der Waals surface area contributed by atoms with Gasteiger partial charge in [-0.1, -0.05) is 103 Å². The van der Waals surface area contributed by atoms with Crippen LogP contribution in [0, 0.1) is 0 Å². The lowest BCUT2D eigenvalue weighted by Gasteiger charge is -2.35. The molecule has 0 aromatic rings. The molecule has 1 amide bonds. The Hall–Kier alpha value is -1.52. The van der Waals surface area contributed by atoms with Gasteiger partial charge < -0.3 is 35.2 Å². The van der Waals surface area contributed by atoms with Crippen LogP contribution in [0.2, 0.25) is 0 Å². The summed E-state index contributed by atoms with van der Waals surface area (Å²) in [5.74, 6) is -1.35. The van der Waals surface area contributed by atoms with Gasteiger partial charge in [0.1, 0.15) is 24.4 Å². The first-order valence-corrected chi connectivity index (χ1v) is 13.9. The van der Waals surface area contributed by atoms with Crippen LogP contribution >= 0.6 is 0 Å². The minimum Gasteiger partial charge on any atom is -0.435 e. The standard InChI is InChI=1S/C28H53NO8/c1-4-6-7-8-9-10-11-12-13-14-15-16-17-18-19-20-23(32)29(3)28(37-24(33)5-2)27(36)26(35)25(34)22(31)21-30/h5,22,25-28,30-31,34-36H,2,4,6-21H2,1,3H3/t22-,25-,26+,27-,28?/m1/s1/i1D. The van der Waals surface area contributed by atoms with E-state index in [-0.39, 0.29) is 6.42 Å². The van der Waals surface area contributed by atoms with Crippen molar-refractivity contribution in [2.75, 3.05) is 13.7 Å². The Morgan fingerprint density at radius 2 is 1.27 bits per heavy atom. The van der Waals surface area contributed by atoms with Crippen LogP contribution in [0.3, 0.4) is 0 Å². The number of carbonyl (C=O) groups excluding carboxylic acids is 2. The van der Waals surface area contributed by atoms with Gasteiger partial charge in [0.15, 0.2) is 0 Å². The highest BCUT2D eigenvalue weighted by Gasteiger charge is 2.39. The predicted octanol–water partition coefficient (Wildman–Crippen LogP) is 3.20. The monoisotopic (exact) mass is 532 g/mol. The molecule has 0 aromatic carbocycles. The summed E-state index contributed by atoms with van der Waals surface area (Å²) in [5, 5.41) is 49.0. The third-order valence-corrected chi connectivity index (χ3v) is 6.64. The number of unbranched alkanes of at least 4 members (excludes halogenated alkanes) is 14. The van der Waals surface area contributed by atoms with Gasteiger partial charge in [-0.15, -0.1) is 0 Å². The molecule has 9 nitrogen and oxygen atoms in total. The van der Waals surface area contributed by atoms with Gasteiger partial charge in [0.05, 0.1) is 6.61 Å². The molecule has 9 heteroatoms. The molecule has 0 bridgehead atoms. The molecule has 0 spiro atoms. The van der Waals surface area contributed by atoms with Gasteiger partial charge in [-0.05, 0) is 6.42 Å². The number of carbonyl (C=O) groups is 2. The first kappa shape index (κ1) is 33.5. The molecular formula is C28H53NO8. The lowest BCUT2D eigenvalue weighted by Crippen LogP contribution is -2.56. The molecule has 0 rings (SSSR count). The van der Waals surface area contributed by atoms with Crippen molar-refractivity contribution >= 4 is 11.9 Å². The Balaban J connectivity index is 4.20. The number of hydrogen-bond acceptors (Lipinski definition) is 8. The van der Waals surface area contributed by atoms with E-state index in [4.69, 9.17) is 11.2 Å². The van der Waals surface area contributed by atoms with Gasteiger partial charge in [-0.25, -0.2) is 4.79 Å². The number of rotatable bonds is 24. The molecule has 0 heterocycles. The molecule has 1 unspecified atom stereocenters. The molecule has 0 saturated heterocycles. The zero-order valence-electron chi connectivity index (χ0n) is 23.8. The van der Waals surface area contributed by atoms with Crippen molar-refractivity contribution < 1.29 is 41.2 Å². The van der Waals surface area contributed by atoms with E-state index < -0.39 is 49.1 Å². The SMILES string of the molecule is [2H]CCCCCCCCCCCCCCCCCC(=O)N(C)C(OC(=O)C=C)[C@H](O)[C@@H](O)[C@H](O)[C@H](O)CO. The van der Waals surface area contributed by atoms with Crippen LogP contribution < -0.4 is 0 Å². The smallest absolute Gasteiger partial charge is 0.332 e. The molecule has 5 atom stereocenters. The van der Waals surface area contributed by atoms with E-state index in [1.807, 2.05) is 0 Å². The van der Waals surface area contributed by atoms with Crippen molar-refractivity contribution in [3.63, 3.8) is 0 Å². The van der Waals surface area contributed by atoms with Crippen LogP contribution in [0.5, 0.6) is 0 Å². The molecule has 218 valence electrons. The second-order valence-corrected chi connectivity index (χ2v) is 9.81. The van der Waals surface area contributed by atoms with Crippen LogP contribution in [0.25, 0.3) is 0 Å². The normalized spacial score (nSPS) is 15.8. The van der Waals surface area contributed by atoms with E-state index in [1.165, 1.54) is 71.3 Å². The first-order valence-electron chi connectivity index (χ1n) is 14.6. The number of likely N-dealkylation sites (N-methyl/N-ethyl adjacent to an activating group) is 1. The van der Waals surface area contributed by atoms with Crippen LogP contribution in [0.4, 0.5) is 0 Å². The van der Waals surface area contributed by atoms with Gasteiger partial charge in [-0.3, -0.25) is 4.79 Å². The van der Waals surface area contributed by atoms with Crippen molar-refractivity contribution in [2.45, 2.75) is 140 Å². The average molecular weight is 533 g/mol. The number of esters is 1. The fraction of sp³-hybridized carbons (Fsp3) is 0.857. The maximum atomic E-state index is 12.6. The van der Waals surface area contributed by atoms with E-state index in [1.54, 1.807) is 0 Å². The van der Waals surface area contributed by atoms with E-state index in [2.05, 4.69) is 6.58 Å². The van der Waals surface area contributed by atoms with Gasteiger partial charge in [0.25, 0.3) is 0 Å². The zero-order chi connectivity index (χ0) is 28.8. The van der Waals surface area contributed by atoms with E-state index >= 15 is 0 Å². The summed E-state index contributed by atoms with van der Waals surface area (Å²) in [6.07, 6.45) is 9.03. The van der Waals surface area contributed by atoms with Crippen molar-refractivity contribution in [3.8, 4) is 0 Å². The second-order valence-electron chi connectivity index (χ2n) is 9.81. The van der Waals surface area contributed by atoms with Gasteiger partial charge >= 0.3 is 5.97 Å². The zero-order valence-corrected chi connectivity index (χ0v) is 22.8. The van der Waals surface area contributed by atoms with E-state index in [0.717, 1.165) is 36.7 Å².